The zero-order chi connectivity index (χ0) is 7.11. The highest BCUT2D eigenvalue weighted by atomic mass is 32.1. The SMILES string of the molecule is COC(=O)C=CN=C=S. The van der Waals surface area contributed by atoms with Crippen LogP contribution in [-0.4, -0.2) is 18.2 Å². The Kier molecular flexibility index (Phi) is 4.59. The van der Waals surface area contributed by atoms with E-state index >= 15 is 0 Å². The highest BCUT2D eigenvalue weighted by Crippen LogP contribution is 1.76. The number of aliphatic imine (C=N–C) groups is 1. The van der Waals surface area contributed by atoms with Crippen LogP contribution in [0, 0.1) is 0 Å². The van der Waals surface area contributed by atoms with E-state index in [2.05, 4.69) is 27.1 Å². The van der Waals surface area contributed by atoms with Crippen molar-refractivity contribution < 1.29 is 9.53 Å². The number of methoxy groups -OCH3 is 1. The van der Waals surface area contributed by atoms with E-state index in [9.17, 15) is 4.79 Å². The fourth-order valence-corrected chi connectivity index (χ4v) is 0.257. The summed E-state index contributed by atoms with van der Waals surface area (Å²) in [5, 5.41) is 2.06. The van der Waals surface area contributed by atoms with Crippen molar-refractivity contribution in [2.24, 2.45) is 4.99 Å². The van der Waals surface area contributed by atoms with Crippen LogP contribution in [0.1, 0.15) is 0 Å². The van der Waals surface area contributed by atoms with Crippen molar-refractivity contribution in [2.75, 3.05) is 7.11 Å². The van der Waals surface area contributed by atoms with Gasteiger partial charge in [0.1, 0.15) is 0 Å². The van der Waals surface area contributed by atoms with Crippen LogP contribution in [0.2, 0.25) is 0 Å². The molecular formula is C5H5NO2S. The minimum absolute atomic E-state index is 0.455. The van der Waals surface area contributed by atoms with Gasteiger partial charge in [-0.05, 0) is 12.2 Å². The molecule has 0 amide bonds. The fraction of sp³-hybridized carbons (Fsp3) is 0.200. The predicted molar refractivity (Wildman–Crippen MR) is 36.2 cm³/mol. The number of hydrogen-bond donors (Lipinski definition) is 0. The average molecular weight is 143 g/mol. The topological polar surface area (TPSA) is 38.7 Å². The number of esters is 1. The molecule has 0 aromatic rings. The molecule has 0 saturated carbocycles. The quantitative estimate of drug-likeness (QED) is 0.248. The lowest BCUT2D eigenvalue weighted by atomic mass is 10.6. The van der Waals surface area contributed by atoms with Crippen molar-refractivity contribution in [1.82, 2.24) is 0 Å². The second-order valence-corrected chi connectivity index (χ2v) is 1.24. The maximum Gasteiger partial charge on any atom is 0.332 e. The fourth-order valence-electron chi connectivity index (χ4n) is 0.197. The van der Waals surface area contributed by atoms with E-state index in [0.29, 0.717) is 0 Å². The van der Waals surface area contributed by atoms with Gasteiger partial charge in [0.25, 0.3) is 0 Å². The number of ether oxygens (including phenoxy) is 1. The normalized spacial score (nSPS) is 8.56. The zero-order valence-electron chi connectivity index (χ0n) is 4.83. The third kappa shape index (κ3) is 4.87. The molecule has 0 aromatic heterocycles. The number of thiocarbonyl (C=S) groups is 1. The number of isothiocyanates is 1. The largest absolute Gasteiger partial charge is 0.466 e. The highest BCUT2D eigenvalue weighted by Gasteiger charge is 1.86. The maximum atomic E-state index is 10.3. The minimum Gasteiger partial charge on any atom is -0.466 e. The molecule has 0 aliphatic rings. The summed E-state index contributed by atoms with van der Waals surface area (Å²) in [7, 11) is 1.29. The molecule has 48 valence electrons. The lowest BCUT2D eigenvalue weighted by Gasteiger charge is -1.84. The van der Waals surface area contributed by atoms with Crippen LogP contribution in [0.5, 0.6) is 0 Å². The van der Waals surface area contributed by atoms with Gasteiger partial charge < -0.3 is 4.74 Å². The van der Waals surface area contributed by atoms with Gasteiger partial charge in [0.05, 0.1) is 12.3 Å². The van der Waals surface area contributed by atoms with Crippen molar-refractivity contribution in [2.45, 2.75) is 0 Å². The van der Waals surface area contributed by atoms with Gasteiger partial charge in [0.15, 0.2) is 0 Å². The number of carbonyl (C=O) groups excluding carboxylic acids is 1. The summed E-state index contributed by atoms with van der Waals surface area (Å²) >= 11 is 4.22. The molecule has 0 saturated heterocycles. The molecule has 4 heteroatoms. The Balaban J connectivity index is 3.70. The van der Waals surface area contributed by atoms with Crippen molar-refractivity contribution in [3.63, 3.8) is 0 Å². The Morgan fingerprint density at radius 1 is 1.89 bits per heavy atom. The van der Waals surface area contributed by atoms with Gasteiger partial charge >= 0.3 is 5.97 Å². The average Bonchev–Trinajstić information content (AvgIpc) is 1.89. The Labute approximate surface area is 58.0 Å². The first-order valence-corrected chi connectivity index (χ1v) is 2.53. The van der Waals surface area contributed by atoms with Crippen molar-refractivity contribution in [3.8, 4) is 0 Å². The van der Waals surface area contributed by atoms with E-state index in [1.54, 1.807) is 0 Å². The standard InChI is InChI=1S/C5H5NO2S/c1-8-5(7)2-3-6-4-9/h2-3H,1H3. The first kappa shape index (κ1) is 8.01. The molecule has 0 unspecified atom stereocenters. The van der Waals surface area contributed by atoms with E-state index in [-0.39, 0.29) is 0 Å². The van der Waals surface area contributed by atoms with E-state index in [1.165, 1.54) is 13.3 Å². The van der Waals surface area contributed by atoms with Gasteiger partial charge in [-0.1, -0.05) is 0 Å². The Bertz CT molecular complexity index is 170. The lowest BCUT2D eigenvalue weighted by molar-refractivity contribution is -0.134. The van der Waals surface area contributed by atoms with Crippen molar-refractivity contribution >= 4 is 23.3 Å². The van der Waals surface area contributed by atoms with Crippen molar-refractivity contribution in [3.05, 3.63) is 12.3 Å². The van der Waals surface area contributed by atoms with Gasteiger partial charge in [0, 0.05) is 12.3 Å². The maximum absolute atomic E-state index is 10.3. The summed E-state index contributed by atoms with van der Waals surface area (Å²) in [6, 6.07) is 0. The first-order valence-electron chi connectivity index (χ1n) is 2.12. The number of rotatable bonds is 2. The van der Waals surface area contributed by atoms with E-state index in [1.807, 2.05) is 0 Å². The summed E-state index contributed by atoms with van der Waals surface area (Å²) in [4.78, 5) is 13.6. The smallest absolute Gasteiger partial charge is 0.332 e. The number of nitrogens with zero attached hydrogens (tertiary/aromatic N) is 1. The molecule has 0 N–H and O–H groups in total. The summed E-state index contributed by atoms with van der Waals surface area (Å²) < 4.78 is 4.25. The Hall–Kier alpha value is -0.990. The number of hydrogen-bond acceptors (Lipinski definition) is 4. The third-order valence-electron chi connectivity index (χ3n) is 0.539. The van der Waals surface area contributed by atoms with Gasteiger partial charge in [-0.15, -0.1) is 0 Å². The zero-order valence-corrected chi connectivity index (χ0v) is 5.64. The van der Waals surface area contributed by atoms with Crippen LogP contribution in [0.15, 0.2) is 17.3 Å². The van der Waals surface area contributed by atoms with Gasteiger partial charge in [0.2, 0.25) is 0 Å². The molecule has 3 nitrogen and oxygen atoms in total. The van der Waals surface area contributed by atoms with E-state index < -0.39 is 5.97 Å². The summed E-state index contributed by atoms with van der Waals surface area (Å²) in [5.74, 6) is -0.455. The second-order valence-electron chi connectivity index (χ2n) is 1.06. The minimum atomic E-state index is -0.455. The number of carbonyl (C=O) groups is 1. The van der Waals surface area contributed by atoms with Gasteiger partial charge in [-0.2, -0.15) is 0 Å². The molecule has 0 bridgehead atoms. The summed E-state index contributed by atoms with van der Waals surface area (Å²) in [6.45, 7) is 0. The molecule has 0 atom stereocenters. The molecule has 9 heavy (non-hydrogen) atoms. The molecular weight excluding hydrogens is 138 g/mol. The molecule has 0 radical (unpaired) electrons. The van der Waals surface area contributed by atoms with E-state index in [0.717, 1.165) is 6.08 Å². The van der Waals surface area contributed by atoms with Gasteiger partial charge in [-0.3, -0.25) is 0 Å². The Morgan fingerprint density at radius 3 is 3.00 bits per heavy atom. The molecule has 0 fully saturated rings. The van der Waals surface area contributed by atoms with Crippen LogP contribution in [-0.2, 0) is 9.53 Å². The monoisotopic (exact) mass is 143 g/mol. The summed E-state index contributed by atoms with van der Waals surface area (Å²) in [6.07, 6.45) is 2.37. The van der Waals surface area contributed by atoms with Crippen LogP contribution in [0.3, 0.4) is 0 Å². The summed E-state index contributed by atoms with van der Waals surface area (Å²) in [5.41, 5.74) is 0. The third-order valence-corrected chi connectivity index (χ3v) is 0.644. The highest BCUT2D eigenvalue weighted by molar-refractivity contribution is 7.78. The molecule has 0 heterocycles. The van der Waals surface area contributed by atoms with Crippen LogP contribution in [0.25, 0.3) is 0 Å². The van der Waals surface area contributed by atoms with E-state index in [4.69, 9.17) is 0 Å². The Morgan fingerprint density at radius 2 is 2.56 bits per heavy atom. The molecule has 0 aliphatic carbocycles. The van der Waals surface area contributed by atoms with Crippen LogP contribution >= 0.6 is 12.2 Å². The first-order chi connectivity index (χ1) is 4.31. The molecule has 0 aliphatic heterocycles. The molecule has 0 rings (SSSR count). The molecule has 0 spiro atoms. The lowest BCUT2D eigenvalue weighted by Crippen LogP contribution is -1.92. The van der Waals surface area contributed by atoms with Crippen LogP contribution in [0.4, 0.5) is 0 Å². The predicted octanol–water partition coefficient (Wildman–Crippen LogP) is 0.776. The second kappa shape index (κ2) is 5.15. The van der Waals surface area contributed by atoms with Crippen molar-refractivity contribution in [1.29, 1.82) is 0 Å². The molecule has 0 aromatic carbocycles. The van der Waals surface area contributed by atoms with Crippen LogP contribution < -0.4 is 0 Å². The van der Waals surface area contributed by atoms with Gasteiger partial charge in [-0.25, -0.2) is 9.79 Å².